The van der Waals surface area contributed by atoms with Gasteiger partial charge in [-0.1, -0.05) is 83.3 Å². The molecule has 0 atom stereocenters. The molecule has 0 fully saturated rings. The predicted molar refractivity (Wildman–Crippen MR) is 91.6 cm³/mol. The zero-order valence-electron chi connectivity index (χ0n) is 13.0. The van der Waals surface area contributed by atoms with E-state index in [1.165, 1.54) is 21.9 Å². The van der Waals surface area contributed by atoms with E-state index in [0.717, 1.165) is 5.56 Å². The van der Waals surface area contributed by atoms with Crippen molar-refractivity contribution in [2.24, 2.45) is 0 Å². The summed E-state index contributed by atoms with van der Waals surface area (Å²) in [4.78, 5) is 0. The summed E-state index contributed by atoms with van der Waals surface area (Å²) in [5.41, 5.74) is 3.61. The maximum absolute atomic E-state index is 3.87. The normalized spacial score (nSPS) is 8.68. The molecule has 0 N–H and O–H groups in total. The van der Waals surface area contributed by atoms with Crippen molar-refractivity contribution in [1.82, 2.24) is 0 Å². The van der Waals surface area contributed by atoms with Crippen LogP contribution < -0.4 is 0 Å². The van der Waals surface area contributed by atoms with Gasteiger partial charge in [0, 0.05) is 0 Å². The summed E-state index contributed by atoms with van der Waals surface area (Å²) < 4.78 is 0. The summed E-state index contributed by atoms with van der Waals surface area (Å²) in [7, 11) is 0. The molecule has 0 aliphatic carbocycles. The highest BCUT2D eigenvalue weighted by molar-refractivity contribution is 5.95. The van der Waals surface area contributed by atoms with E-state index in [1.807, 2.05) is 39.8 Å². The summed E-state index contributed by atoms with van der Waals surface area (Å²) in [5, 5.41) is 2.54. The molecule has 2 aromatic carbocycles. The smallest absolute Gasteiger partial charge is 0.0103 e. The van der Waals surface area contributed by atoms with Crippen molar-refractivity contribution in [3.63, 3.8) is 0 Å². The van der Waals surface area contributed by atoms with Gasteiger partial charge in [0.15, 0.2) is 0 Å². The second-order valence-electron chi connectivity index (χ2n) is 3.65. The van der Waals surface area contributed by atoms with E-state index in [0.29, 0.717) is 0 Å². The summed E-state index contributed by atoms with van der Waals surface area (Å²) in [6.07, 6.45) is 3.79. The van der Waals surface area contributed by atoms with E-state index in [4.69, 9.17) is 0 Å². The predicted octanol–water partition coefficient (Wildman–Crippen LogP) is 6.49. The van der Waals surface area contributed by atoms with Gasteiger partial charge in [-0.15, -0.1) is 0 Å². The van der Waals surface area contributed by atoms with Crippen LogP contribution in [0.4, 0.5) is 0 Å². The fraction of sp³-hybridized carbons (Fsp3) is 0.263. The van der Waals surface area contributed by atoms with E-state index < -0.39 is 0 Å². The zero-order valence-corrected chi connectivity index (χ0v) is 13.0. The lowest BCUT2D eigenvalue weighted by molar-refractivity contribution is 1.50. The Morgan fingerprint density at radius 1 is 0.842 bits per heavy atom. The largest absolute Gasteiger partial charge is 0.0984 e. The molecule has 0 unspecified atom stereocenters. The van der Waals surface area contributed by atoms with Crippen LogP contribution in [-0.2, 0) is 0 Å². The van der Waals surface area contributed by atoms with E-state index in [2.05, 4.69) is 50.4 Å². The molecular formula is C19H26. The third-order valence-electron chi connectivity index (χ3n) is 2.75. The van der Waals surface area contributed by atoms with Crippen LogP contribution >= 0.6 is 0 Å². The third kappa shape index (κ3) is 3.82. The molecule has 0 radical (unpaired) electrons. The Balaban J connectivity index is 0.000000741. The molecule has 2 aromatic rings. The van der Waals surface area contributed by atoms with E-state index >= 15 is 0 Å². The summed E-state index contributed by atoms with van der Waals surface area (Å²) >= 11 is 0. The molecule has 102 valence electrons. The Morgan fingerprint density at radius 2 is 1.37 bits per heavy atom. The van der Waals surface area contributed by atoms with Gasteiger partial charge in [-0.25, -0.2) is 0 Å². The van der Waals surface area contributed by atoms with E-state index in [-0.39, 0.29) is 0 Å². The van der Waals surface area contributed by atoms with Crippen molar-refractivity contribution in [3.05, 3.63) is 60.2 Å². The molecule has 0 amide bonds. The highest BCUT2D eigenvalue weighted by atomic mass is 14.1. The van der Waals surface area contributed by atoms with Crippen LogP contribution in [0.15, 0.2) is 43.5 Å². The van der Waals surface area contributed by atoms with Crippen molar-refractivity contribution in [3.8, 4) is 0 Å². The fourth-order valence-corrected chi connectivity index (χ4v) is 2.00. The number of hydrogen-bond acceptors (Lipinski definition) is 0. The molecular weight excluding hydrogens is 228 g/mol. The molecule has 0 aliphatic heterocycles. The van der Waals surface area contributed by atoms with Crippen molar-refractivity contribution in [2.45, 2.75) is 34.6 Å². The average molecular weight is 254 g/mol. The van der Waals surface area contributed by atoms with Crippen molar-refractivity contribution in [2.75, 3.05) is 0 Å². The van der Waals surface area contributed by atoms with Crippen LogP contribution in [0.1, 0.15) is 44.4 Å². The van der Waals surface area contributed by atoms with E-state index in [1.54, 1.807) is 0 Å². The topological polar surface area (TPSA) is 0 Å². The number of hydrogen-bond donors (Lipinski definition) is 0. The Labute approximate surface area is 118 Å². The average Bonchev–Trinajstić information content (AvgIpc) is 2.51. The van der Waals surface area contributed by atoms with Crippen LogP contribution in [0, 0.1) is 6.92 Å². The van der Waals surface area contributed by atoms with Crippen LogP contribution in [0.2, 0.25) is 0 Å². The second-order valence-corrected chi connectivity index (χ2v) is 3.65. The van der Waals surface area contributed by atoms with Gasteiger partial charge in [-0.2, -0.15) is 0 Å². The number of benzene rings is 2. The quantitative estimate of drug-likeness (QED) is 0.575. The lowest BCUT2D eigenvalue weighted by Gasteiger charge is -2.09. The molecule has 0 heteroatoms. The Hall–Kier alpha value is -1.82. The highest BCUT2D eigenvalue weighted by Crippen LogP contribution is 2.27. The fourth-order valence-electron chi connectivity index (χ4n) is 2.00. The summed E-state index contributed by atoms with van der Waals surface area (Å²) in [5.74, 6) is 0. The minimum absolute atomic E-state index is 1.15. The molecule has 0 spiro atoms. The standard InChI is InChI=1S/C15H14.2C2H6/c1-4-12-10-11(3)14-8-6-7-9-15(14)13(12)5-2;2*1-2/h4-10H,1-2H2,3H3;2*1-2H3. The van der Waals surface area contributed by atoms with Gasteiger partial charge in [0.2, 0.25) is 0 Å². The Kier molecular flexibility index (Phi) is 8.28. The van der Waals surface area contributed by atoms with Crippen molar-refractivity contribution in [1.29, 1.82) is 0 Å². The van der Waals surface area contributed by atoms with Crippen LogP contribution in [0.5, 0.6) is 0 Å². The molecule has 0 bridgehead atoms. The van der Waals surface area contributed by atoms with Crippen molar-refractivity contribution >= 4 is 22.9 Å². The van der Waals surface area contributed by atoms with Gasteiger partial charge in [0.1, 0.15) is 0 Å². The molecule has 2 rings (SSSR count). The van der Waals surface area contributed by atoms with Crippen LogP contribution in [0.3, 0.4) is 0 Å². The molecule has 0 aliphatic rings. The monoisotopic (exact) mass is 254 g/mol. The number of aryl methyl sites for hydroxylation is 1. The van der Waals surface area contributed by atoms with Gasteiger partial charge in [0.25, 0.3) is 0 Å². The lowest BCUT2D eigenvalue weighted by Crippen LogP contribution is -1.87. The van der Waals surface area contributed by atoms with Gasteiger partial charge in [-0.05, 0) is 34.4 Å². The first-order valence-corrected chi connectivity index (χ1v) is 7.05. The van der Waals surface area contributed by atoms with Gasteiger partial charge < -0.3 is 0 Å². The molecule has 19 heavy (non-hydrogen) atoms. The minimum atomic E-state index is 1.15. The van der Waals surface area contributed by atoms with Gasteiger partial charge >= 0.3 is 0 Å². The highest BCUT2D eigenvalue weighted by Gasteiger charge is 2.04. The van der Waals surface area contributed by atoms with Crippen LogP contribution in [0.25, 0.3) is 22.9 Å². The number of fused-ring (bicyclic) bond motifs is 1. The third-order valence-corrected chi connectivity index (χ3v) is 2.75. The summed E-state index contributed by atoms with van der Waals surface area (Å²) in [6, 6.07) is 10.6. The first-order valence-electron chi connectivity index (χ1n) is 7.05. The molecule has 0 nitrogen and oxygen atoms in total. The van der Waals surface area contributed by atoms with Crippen LogP contribution in [-0.4, -0.2) is 0 Å². The second kappa shape index (κ2) is 9.16. The molecule has 0 heterocycles. The molecule has 0 aromatic heterocycles. The summed E-state index contributed by atoms with van der Waals surface area (Å²) in [6.45, 7) is 17.8. The zero-order chi connectivity index (χ0) is 14.8. The molecule has 0 saturated carbocycles. The lowest BCUT2D eigenvalue weighted by atomic mass is 9.95. The number of rotatable bonds is 2. The Morgan fingerprint density at radius 3 is 1.84 bits per heavy atom. The SMILES string of the molecule is C=Cc1cc(C)c2ccccc2c1C=C.CC.CC. The van der Waals surface area contributed by atoms with Gasteiger partial charge in [-0.3, -0.25) is 0 Å². The maximum atomic E-state index is 3.87. The Bertz CT molecular complexity index is 533. The first-order chi connectivity index (χ1) is 9.27. The maximum Gasteiger partial charge on any atom is -0.0103 e. The van der Waals surface area contributed by atoms with Gasteiger partial charge in [0.05, 0.1) is 0 Å². The molecule has 0 saturated heterocycles. The van der Waals surface area contributed by atoms with E-state index in [9.17, 15) is 0 Å². The first kappa shape index (κ1) is 17.2. The minimum Gasteiger partial charge on any atom is -0.0984 e. The van der Waals surface area contributed by atoms with Crippen molar-refractivity contribution < 1.29 is 0 Å².